The van der Waals surface area contributed by atoms with Gasteiger partial charge in [-0.05, 0) is 19.6 Å². The molecule has 0 saturated carbocycles. The van der Waals surface area contributed by atoms with E-state index in [1.807, 2.05) is 5.32 Å². The number of anilines is 1. The highest BCUT2D eigenvalue weighted by Gasteiger charge is 2.40. The summed E-state index contributed by atoms with van der Waals surface area (Å²) in [6.45, 7) is 3.28. The fourth-order valence-corrected chi connectivity index (χ4v) is 2.23. The topological polar surface area (TPSA) is 111 Å². The number of nitro groups is 2. The minimum Gasteiger partial charge on any atom is -0.328 e. The van der Waals surface area contributed by atoms with Crippen LogP contribution in [0.25, 0.3) is 0 Å². The fraction of sp³-hybridized carbons (Fsp3) is 0.214. The van der Waals surface area contributed by atoms with Gasteiger partial charge in [-0.2, -0.15) is 26.3 Å². The summed E-state index contributed by atoms with van der Waals surface area (Å²) < 4.78 is 76.7. The van der Waals surface area contributed by atoms with Crippen LogP contribution in [-0.4, -0.2) is 21.0 Å². The lowest BCUT2D eigenvalue weighted by Crippen LogP contribution is -2.19. The summed E-state index contributed by atoms with van der Waals surface area (Å²) >= 11 is 11.1. The molecule has 0 unspecified atom stereocenters. The van der Waals surface area contributed by atoms with Gasteiger partial charge >= 0.3 is 18.0 Å². The SMILES string of the molecule is C=C(/C(Nc1ncc(C(F)(F)F)cc1Cl)=C(\C(Cl)=C(/C)C(F)(F)F)[N+](=O)[O-])[N+](=O)[O-]. The summed E-state index contributed by atoms with van der Waals surface area (Å²) in [4.78, 5) is 22.9. The molecule has 164 valence electrons. The zero-order valence-corrected chi connectivity index (χ0v) is 15.9. The molecule has 0 amide bonds. The first-order chi connectivity index (χ1) is 13.5. The summed E-state index contributed by atoms with van der Waals surface area (Å²) in [5, 5.41) is 22.0. The summed E-state index contributed by atoms with van der Waals surface area (Å²) in [7, 11) is 0. The van der Waals surface area contributed by atoms with E-state index < -0.39 is 66.3 Å². The maximum Gasteiger partial charge on any atom is 0.417 e. The van der Waals surface area contributed by atoms with Crippen molar-refractivity contribution in [2.24, 2.45) is 0 Å². The van der Waals surface area contributed by atoms with Crippen LogP contribution in [0.2, 0.25) is 5.02 Å². The maximum absolute atomic E-state index is 12.9. The van der Waals surface area contributed by atoms with Crippen LogP contribution in [0.15, 0.2) is 46.5 Å². The standard InChI is InChI=1S/C14H8Cl2F6N4O4/c1-5(13(17,18)19)9(16)11(26(29)30)10(6(2)25(27)28)24-12-8(15)3-7(4-23-12)14(20,21)22/h3-4H,2H2,1H3,(H,23,24)/b9-5-,11-10-. The van der Waals surface area contributed by atoms with Gasteiger partial charge in [0.1, 0.15) is 10.9 Å². The molecule has 1 aromatic rings. The van der Waals surface area contributed by atoms with Gasteiger partial charge in [-0.3, -0.25) is 20.2 Å². The van der Waals surface area contributed by atoms with Crippen molar-refractivity contribution < 1.29 is 36.2 Å². The third kappa shape index (κ3) is 5.82. The average molecular weight is 481 g/mol. The van der Waals surface area contributed by atoms with Crippen molar-refractivity contribution in [2.75, 3.05) is 5.32 Å². The molecule has 0 aliphatic rings. The molecule has 1 rings (SSSR count). The van der Waals surface area contributed by atoms with Gasteiger partial charge in [-0.25, -0.2) is 4.98 Å². The van der Waals surface area contributed by atoms with E-state index in [0.29, 0.717) is 13.0 Å². The summed E-state index contributed by atoms with van der Waals surface area (Å²) in [6, 6.07) is 0.341. The summed E-state index contributed by atoms with van der Waals surface area (Å²) in [5.74, 6) is -0.767. The third-order valence-corrected chi connectivity index (χ3v) is 4.05. The number of halogens is 8. The van der Waals surface area contributed by atoms with Crippen LogP contribution in [0.1, 0.15) is 12.5 Å². The van der Waals surface area contributed by atoms with E-state index in [2.05, 4.69) is 11.6 Å². The first-order valence-electron chi connectivity index (χ1n) is 7.14. The van der Waals surface area contributed by atoms with E-state index >= 15 is 0 Å². The molecule has 0 aromatic carbocycles. The van der Waals surface area contributed by atoms with Gasteiger partial charge in [-0.15, -0.1) is 0 Å². The molecule has 30 heavy (non-hydrogen) atoms. The zero-order valence-electron chi connectivity index (χ0n) is 14.4. The maximum atomic E-state index is 12.9. The Morgan fingerprint density at radius 2 is 1.70 bits per heavy atom. The van der Waals surface area contributed by atoms with Gasteiger partial charge < -0.3 is 5.32 Å². The van der Waals surface area contributed by atoms with Crippen LogP contribution < -0.4 is 5.32 Å². The molecule has 0 saturated heterocycles. The number of alkyl halides is 6. The molecule has 1 N–H and O–H groups in total. The second-order valence-corrected chi connectivity index (χ2v) is 6.08. The van der Waals surface area contributed by atoms with Gasteiger partial charge in [0.05, 0.1) is 26.0 Å². The highest BCUT2D eigenvalue weighted by molar-refractivity contribution is 6.33. The largest absolute Gasteiger partial charge is 0.417 e. The molecule has 0 spiro atoms. The third-order valence-electron chi connectivity index (χ3n) is 3.30. The first kappa shape index (κ1) is 25.2. The molecule has 1 aromatic heterocycles. The lowest BCUT2D eigenvalue weighted by molar-refractivity contribution is -0.433. The van der Waals surface area contributed by atoms with Gasteiger partial charge in [0.25, 0.3) is 5.70 Å². The number of hydrogen-bond acceptors (Lipinski definition) is 6. The van der Waals surface area contributed by atoms with Crippen LogP contribution in [-0.2, 0) is 6.18 Å². The van der Waals surface area contributed by atoms with Crippen molar-refractivity contribution in [3.63, 3.8) is 0 Å². The fourth-order valence-electron chi connectivity index (χ4n) is 1.75. The van der Waals surface area contributed by atoms with E-state index in [-0.39, 0.29) is 6.20 Å². The number of nitrogens with one attached hydrogen (secondary N) is 1. The van der Waals surface area contributed by atoms with Crippen LogP contribution in [0.4, 0.5) is 32.2 Å². The van der Waals surface area contributed by atoms with E-state index in [1.54, 1.807) is 0 Å². The highest BCUT2D eigenvalue weighted by Crippen LogP contribution is 2.36. The molecule has 0 atom stereocenters. The van der Waals surface area contributed by atoms with E-state index in [9.17, 15) is 46.6 Å². The zero-order chi connectivity index (χ0) is 23.6. The van der Waals surface area contributed by atoms with Crippen molar-refractivity contribution in [2.45, 2.75) is 19.3 Å². The Kier molecular flexibility index (Phi) is 7.44. The molecular weight excluding hydrogens is 473 g/mol. The van der Waals surface area contributed by atoms with Crippen LogP contribution in [0.5, 0.6) is 0 Å². The summed E-state index contributed by atoms with van der Waals surface area (Å²) in [6.07, 6.45) is -9.76. The predicted octanol–water partition coefficient (Wildman–Crippen LogP) is 5.52. The van der Waals surface area contributed by atoms with Crippen LogP contribution in [0, 0.1) is 20.2 Å². The van der Waals surface area contributed by atoms with Gasteiger partial charge in [0.2, 0.25) is 0 Å². The van der Waals surface area contributed by atoms with Crippen LogP contribution in [0.3, 0.4) is 0 Å². The van der Waals surface area contributed by atoms with Gasteiger partial charge in [0, 0.05) is 6.20 Å². The van der Waals surface area contributed by atoms with Crippen molar-refractivity contribution in [3.05, 3.63) is 77.4 Å². The minimum atomic E-state index is -5.14. The quantitative estimate of drug-likeness (QED) is 0.248. The number of aromatic nitrogens is 1. The normalized spacial score (nSPS) is 13.9. The Labute approximate surface area is 172 Å². The number of pyridine rings is 1. The Morgan fingerprint density at radius 3 is 2.07 bits per heavy atom. The highest BCUT2D eigenvalue weighted by atomic mass is 35.5. The molecule has 0 bridgehead atoms. The van der Waals surface area contributed by atoms with Crippen molar-refractivity contribution in [3.8, 4) is 0 Å². The molecule has 16 heteroatoms. The van der Waals surface area contributed by atoms with E-state index in [4.69, 9.17) is 23.2 Å². The van der Waals surface area contributed by atoms with Crippen molar-refractivity contribution in [1.82, 2.24) is 4.98 Å². The van der Waals surface area contributed by atoms with E-state index in [0.717, 1.165) is 0 Å². The number of hydrogen-bond donors (Lipinski definition) is 1. The molecule has 0 aliphatic carbocycles. The number of allylic oxidation sites excluding steroid dienone is 2. The second kappa shape index (κ2) is 8.87. The second-order valence-electron chi connectivity index (χ2n) is 5.30. The number of rotatable bonds is 6. The molecule has 0 aliphatic heterocycles. The molecule has 0 fully saturated rings. The van der Waals surface area contributed by atoms with Crippen LogP contribution >= 0.6 is 23.2 Å². The first-order valence-corrected chi connectivity index (χ1v) is 7.90. The van der Waals surface area contributed by atoms with E-state index in [1.165, 1.54) is 0 Å². The summed E-state index contributed by atoms with van der Waals surface area (Å²) in [5.41, 5.74) is -7.21. The monoisotopic (exact) mass is 480 g/mol. The lowest BCUT2D eigenvalue weighted by atomic mass is 10.1. The smallest absolute Gasteiger partial charge is 0.328 e. The number of nitrogens with zero attached hydrogens (tertiary/aromatic N) is 3. The Balaban J connectivity index is 3.77. The van der Waals surface area contributed by atoms with Crippen molar-refractivity contribution in [1.29, 1.82) is 0 Å². The Hall–Kier alpha value is -2.87. The predicted molar refractivity (Wildman–Crippen MR) is 92.6 cm³/mol. The Morgan fingerprint density at radius 1 is 1.17 bits per heavy atom. The van der Waals surface area contributed by atoms with Gasteiger partial charge in [0.15, 0.2) is 5.70 Å². The minimum absolute atomic E-state index is 0.241. The molecule has 8 nitrogen and oxygen atoms in total. The average Bonchev–Trinajstić information content (AvgIpc) is 2.58. The van der Waals surface area contributed by atoms with Gasteiger partial charge in [-0.1, -0.05) is 23.2 Å². The molecule has 1 heterocycles. The Bertz CT molecular complexity index is 972. The molecular formula is C14H8Cl2F6N4O4. The molecule has 0 radical (unpaired) electrons. The lowest BCUT2D eigenvalue weighted by Gasteiger charge is -2.13. The van der Waals surface area contributed by atoms with Crippen molar-refractivity contribution >= 4 is 29.0 Å².